The molecule has 2 aromatic rings. The molecule has 0 atom stereocenters. The monoisotopic (exact) mass is 414 g/mol. The van der Waals surface area contributed by atoms with Crippen LogP contribution in [-0.4, -0.2) is 46.8 Å². The quantitative estimate of drug-likeness (QED) is 0.675. The summed E-state index contributed by atoms with van der Waals surface area (Å²) in [7, 11) is 1.51. The minimum Gasteiger partial charge on any atom is -0.456 e. The SMILES string of the molecule is Cn1c(CCC(=O)OCC(=O)NC(=O)NCC(F)(F)F)nc2ccccc2c1=O. The van der Waals surface area contributed by atoms with Crippen LogP contribution in [0.15, 0.2) is 29.1 Å². The molecule has 2 N–H and O–H groups in total. The molecule has 12 heteroatoms. The van der Waals surface area contributed by atoms with Gasteiger partial charge in [-0.05, 0) is 12.1 Å². The molecular formula is C17H17F3N4O5. The number of nitrogens with one attached hydrogen (secondary N) is 2. The zero-order chi connectivity index (χ0) is 21.6. The lowest BCUT2D eigenvalue weighted by molar-refractivity contribution is -0.148. The number of imide groups is 1. The fourth-order valence-electron chi connectivity index (χ4n) is 2.31. The zero-order valence-electron chi connectivity index (χ0n) is 15.2. The first-order valence-electron chi connectivity index (χ1n) is 8.31. The van der Waals surface area contributed by atoms with Gasteiger partial charge >= 0.3 is 18.2 Å². The van der Waals surface area contributed by atoms with Gasteiger partial charge in [0.2, 0.25) is 0 Å². The molecule has 29 heavy (non-hydrogen) atoms. The number of nitrogens with zero attached hydrogens (tertiary/aromatic N) is 2. The number of alkyl halides is 3. The predicted octanol–water partition coefficient (Wildman–Crippen LogP) is 0.797. The summed E-state index contributed by atoms with van der Waals surface area (Å²) < 4.78 is 41.8. The zero-order valence-corrected chi connectivity index (χ0v) is 15.2. The highest BCUT2D eigenvalue weighted by atomic mass is 19.4. The van der Waals surface area contributed by atoms with Gasteiger partial charge in [-0.2, -0.15) is 13.2 Å². The number of para-hydroxylation sites is 1. The van der Waals surface area contributed by atoms with E-state index in [2.05, 4.69) is 9.72 Å². The first-order chi connectivity index (χ1) is 13.6. The van der Waals surface area contributed by atoms with Crippen LogP contribution >= 0.6 is 0 Å². The average Bonchev–Trinajstić information content (AvgIpc) is 2.66. The Morgan fingerprint density at radius 1 is 1.21 bits per heavy atom. The van der Waals surface area contributed by atoms with Gasteiger partial charge in [-0.25, -0.2) is 9.78 Å². The normalized spacial score (nSPS) is 11.2. The van der Waals surface area contributed by atoms with Gasteiger partial charge in [-0.15, -0.1) is 0 Å². The summed E-state index contributed by atoms with van der Waals surface area (Å²) in [6, 6.07) is 5.35. The van der Waals surface area contributed by atoms with Crippen molar-refractivity contribution in [2.24, 2.45) is 7.05 Å². The maximum absolute atomic E-state index is 12.3. The van der Waals surface area contributed by atoms with E-state index < -0.39 is 37.2 Å². The Morgan fingerprint density at radius 3 is 2.59 bits per heavy atom. The van der Waals surface area contributed by atoms with Crippen LogP contribution in [0, 0.1) is 0 Å². The van der Waals surface area contributed by atoms with Crippen molar-refractivity contribution in [3.8, 4) is 0 Å². The van der Waals surface area contributed by atoms with Gasteiger partial charge in [0.15, 0.2) is 6.61 Å². The Balaban J connectivity index is 1.82. The molecule has 0 saturated heterocycles. The molecule has 0 bridgehead atoms. The van der Waals surface area contributed by atoms with Crippen LogP contribution in [0.4, 0.5) is 18.0 Å². The number of esters is 1. The number of aromatic nitrogens is 2. The topological polar surface area (TPSA) is 119 Å². The second-order valence-electron chi connectivity index (χ2n) is 5.92. The van der Waals surface area contributed by atoms with Crippen molar-refractivity contribution in [1.82, 2.24) is 20.2 Å². The van der Waals surface area contributed by atoms with Crippen LogP contribution in [0.3, 0.4) is 0 Å². The lowest BCUT2D eigenvalue weighted by atomic mass is 10.2. The van der Waals surface area contributed by atoms with E-state index in [0.29, 0.717) is 16.7 Å². The third-order valence-corrected chi connectivity index (χ3v) is 3.70. The van der Waals surface area contributed by atoms with Gasteiger partial charge in [0.05, 0.1) is 17.3 Å². The fourth-order valence-corrected chi connectivity index (χ4v) is 2.31. The summed E-state index contributed by atoms with van der Waals surface area (Å²) >= 11 is 0. The van der Waals surface area contributed by atoms with Crippen LogP contribution in [0.25, 0.3) is 10.9 Å². The van der Waals surface area contributed by atoms with Crippen LogP contribution in [0.2, 0.25) is 0 Å². The number of rotatable bonds is 6. The number of halogens is 3. The molecule has 0 saturated carbocycles. The van der Waals surface area contributed by atoms with Gasteiger partial charge in [-0.3, -0.25) is 24.3 Å². The molecular weight excluding hydrogens is 397 g/mol. The van der Waals surface area contributed by atoms with E-state index in [9.17, 15) is 32.3 Å². The second-order valence-corrected chi connectivity index (χ2v) is 5.92. The second kappa shape index (κ2) is 9.17. The Bertz CT molecular complexity index is 987. The number of hydrogen-bond acceptors (Lipinski definition) is 6. The number of hydrogen-bond donors (Lipinski definition) is 2. The smallest absolute Gasteiger partial charge is 0.405 e. The molecule has 9 nitrogen and oxygen atoms in total. The molecule has 0 aliphatic heterocycles. The van der Waals surface area contributed by atoms with Crippen molar-refractivity contribution in [2.45, 2.75) is 19.0 Å². The maximum Gasteiger partial charge on any atom is 0.405 e. The molecule has 156 valence electrons. The number of amides is 3. The molecule has 0 fully saturated rings. The summed E-state index contributed by atoms with van der Waals surface area (Å²) in [5.41, 5.74) is 0.200. The maximum atomic E-state index is 12.3. The van der Waals surface area contributed by atoms with Crippen molar-refractivity contribution < 1.29 is 32.3 Å². The van der Waals surface area contributed by atoms with E-state index in [4.69, 9.17) is 0 Å². The lowest BCUT2D eigenvalue weighted by Gasteiger charge is -2.10. The minimum atomic E-state index is -4.62. The summed E-state index contributed by atoms with van der Waals surface area (Å²) in [5.74, 6) is -1.56. The Hall–Kier alpha value is -3.44. The summed E-state index contributed by atoms with van der Waals surface area (Å²) in [4.78, 5) is 50.9. The van der Waals surface area contributed by atoms with Gasteiger partial charge in [-0.1, -0.05) is 12.1 Å². The van der Waals surface area contributed by atoms with Gasteiger partial charge in [0.25, 0.3) is 11.5 Å². The van der Waals surface area contributed by atoms with E-state index in [1.807, 2.05) is 0 Å². The average molecular weight is 414 g/mol. The summed E-state index contributed by atoms with van der Waals surface area (Å²) in [6.45, 7) is -2.45. The van der Waals surface area contributed by atoms with Crippen molar-refractivity contribution >= 4 is 28.8 Å². The van der Waals surface area contributed by atoms with Crippen LogP contribution in [-0.2, 0) is 27.8 Å². The third kappa shape index (κ3) is 6.59. The van der Waals surface area contributed by atoms with E-state index >= 15 is 0 Å². The number of fused-ring (bicyclic) bond motifs is 1. The third-order valence-electron chi connectivity index (χ3n) is 3.70. The number of aryl methyl sites for hydroxylation is 1. The predicted molar refractivity (Wildman–Crippen MR) is 93.9 cm³/mol. The number of benzene rings is 1. The number of ether oxygens (including phenoxy) is 1. The molecule has 1 heterocycles. The largest absolute Gasteiger partial charge is 0.456 e. The molecule has 0 spiro atoms. The van der Waals surface area contributed by atoms with E-state index in [1.54, 1.807) is 29.6 Å². The van der Waals surface area contributed by atoms with Gasteiger partial charge in [0, 0.05) is 13.5 Å². The van der Waals surface area contributed by atoms with Crippen molar-refractivity contribution in [3.63, 3.8) is 0 Å². The Kier molecular flexibility index (Phi) is 6.91. The van der Waals surface area contributed by atoms with Crippen molar-refractivity contribution in [1.29, 1.82) is 0 Å². The van der Waals surface area contributed by atoms with Gasteiger partial charge < -0.3 is 10.1 Å². The molecule has 0 aliphatic carbocycles. The summed E-state index contributed by atoms with van der Waals surface area (Å²) in [6.07, 6.45) is -4.76. The number of carbonyl (C=O) groups is 3. The molecule has 2 rings (SSSR count). The Labute approximate surface area is 161 Å². The first-order valence-corrected chi connectivity index (χ1v) is 8.31. The van der Waals surface area contributed by atoms with E-state index in [1.165, 1.54) is 16.9 Å². The first kappa shape index (κ1) is 21.9. The van der Waals surface area contributed by atoms with E-state index in [-0.39, 0.29) is 18.4 Å². The molecule has 1 aromatic carbocycles. The molecule has 0 unspecified atom stereocenters. The van der Waals surface area contributed by atoms with Crippen LogP contribution in [0.5, 0.6) is 0 Å². The lowest BCUT2D eigenvalue weighted by Crippen LogP contribution is -2.44. The standard InChI is InChI=1S/C17H17F3N4O5/c1-24-12(22-11-5-3-2-4-10(11)15(24)27)6-7-14(26)29-8-13(25)23-16(28)21-9-17(18,19)20/h2-5H,6-9H2,1H3,(H2,21,23,25,28). The number of carbonyl (C=O) groups excluding carboxylic acids is 3. The van der Waals surface area contributed by atoms with E-state index in [0.717, 1.165) is 0 Å². The highest BCUT2D eigenvalue weighted by Crippen LogP contribution is 2.12. The molecule has 0 aliphatic rings. The summed E-state index contributed by atoms with van der Waals surface area (Å²) in [5, 5.41) is 3.46. The van der Waals surface area contributed by atoms with Crippen LogP contribution in [0.1, 0.15) is 12.2 Å². The number of urea groups is 1. The fraction of sp³-hybridized carbons (Fsp3) is 0.353. The van der Waals surface area contributed by atoms with Crippen molar-refractivity contribution in [2.75, 3.05) is 13.2 Å². The molecule has 0 radical (unpaired) electrons. The highest BCUT2D eigenvalue weighted by molar-refractivity contribution is 5.95. The van der Waals surface area contributed by atoms with Crippen LogP contribution < -0.4 is 16.2 Å². The van der Waals surface area contributed by atoms with Gasteiger partial charge in [0.1, 0.15) is 12.4 Å². The molecule has 3 amide bonds. The Morgan fingerprint density at radius 2 is 1.90 bits per heavy atom. The molecule has 1 aromatic heterocycles. The minimum absolute atomic E-state index is 0.0586. The van der Waals surface area contributed by atoms with Crippen molar-refractivity contribution in [3.05, 3.63) is 40.4 Å². The highest BCUT2D eigenvalue weighted by Gasteiger charge is 2.28.